The van der Waals surface area contributed by atoms with Crippen molar-refractivity contribution in [3.05, 3.63) is 40.4 Å². The summed E-state index contributed by atoms with van der Waals surface area (Å²) in [5.41, 5.74) is -0.705. The van der Waals surface area contributed by atoms with E-state index in [-0.39, 0.29) is 29.9 Å². The number of nitrogens with one attached hydrogen (secondary N) is 2. The van der Waals surface area contributed by atoms with Gasteiger partial charge in [-0.15, -0.1) is 0 Å². The lowest BCUT2D eigenvalue weighted by Crippen LogP contribution is -2.56. The van der Waals surface area contributed by atoms with E-state index in [1.54, 1.807) is 23.1 Å². The van der Waals surface area contributed by atoms with Crippen LogP contribution in [0.3, 0.4) is 0 Å². The molecule has 3 aliphatic heterocycles. The van der Waals surface area contributed by atoms with Gasteiger partial charge in [0.25, 0.3) is 0 Å². The van der Waals surface area contributed by atoms with Gasteiger partial charge in [-0.05, 0) is 51.3 Å². The van der Waals surface area contributed by atoms with Gasteiger partial charge in [0, 0.05) is 24.9 Å². The largest absolute Gasteiger partial charge is 0.379 e. The molecule has 3 fully saturated rings. The Morgan fingerprint density at radius 1 is 1.16 bits per heavy atom. The summed E-state index contributed by atoms with van der Waals surface area (Å²) >= 11 is 12.1. The highest BCUT2D eigenvalue weighted by Gasteiger charge is 2.72. The van der Waals surface area contributed by atoms with E-state index in [0.29, 0.717) is 35.3 Å². The van der Waals surface area contributed by atoms with Crippen molar-refractivity contribution < 1.29 is 23.9 Å². The number of halogens is 2. The number of likely N-dealkylation sites (tertiary alicyclic amines) is 1. The van der Waals surface area contributed by atoms with Crippen LogP contribution in [0, 0.1) is 11.8 Å². The smallest absolute Gasteiger partial charge is 0.246 e. The number of amides is 3. The van der Waals surface area contributed by atoms with Crippen LogP contribution in [0.5, 0.6) is 0 Å². The summed E-state index contributed by atoms with van der Waals surface area (Å²) in [5, 5.41) is 6.76. The van der Waals surface area contributed by atoms with Gasteiger partial charge in [0.1, 0.15) is 11.6 Å². The average molecular weight is 565 g/mol. The highest BCUT2D eigenvalue weighted by atomic mass is 35.5. The summed E-state index contributed by atoms with van der Waals surface area (Å²) in [5.74, 6) is -2.38. The Morgan fingerprint density at radius 2 is 1.92 bits per heavy atom. The molecule has 1 aliphatic carbocycles. The molecular formula is C28H35Cl2N3O5. The Balaban J connectivity index is 1.39. The van der Waals surface area contributed by atoms with Crippen LogP contribution in [0.15, 0.2) is 30.4 Å². The molecule has 0 aromatic heterocycles. The number of carbonyl (C=O) groups excluding carboxylic acids is 3. The minimum Gasteiger partial charge on any atom is -0.379 e. The molecule has 1 aromatic rings. The van der Waals surface area contributed by atoms with Crippen molar-refractivity contribution in [1.82, 2.24) is 10.2 Å². The molecular weight excluding hydrogens is 529 g/mol. The molecule has 1 spiro atoms. The molecule has 1 aromatic carbocycles. The highest BCUT2D eigenvalue weighted by Crippen LogP contribution is 2.55. The van der Waals surface area contributed by atoms with Gasteiger partial charge in [0.05, 0.1) is 34.1 Å². The van der Waals surface area contributed by atoms with E-state index >= 15 is 0 Å². The Labute approximate surface area is 233 Å². The molecule has 2 N–H and O–H groups in total. The molecule has 1 saturated carbocycles. The van der Waals surface area contributed by atoms with Gasteiger partial charge in [-0.2, -0.15) is 0 Å². The Hall–Kier alpha value is -2.13. The first-order chi connectivity index (χ1) is 18.2. The van der Waals surface area contributed by atoms with Gasteiger partial charge in [-0.25, -0.2) is 0 Å². The third-order valence-electron chi connectivity index (χ3n) is 8.06. The highest BCUT2D eigenvalue weighted by molar-refractivity contribution is 6.42. The number of hydrogen-bond donors (Lipinski definition) is 2. The Kier molecular flexibility index (Phi) is 8.06. The number of benzene rings is 1. The standard InChI is InChI=1S/C28H35Cl2N3O5/c1-16(2)37-14-6-13-33-24(26(35)31-17-7-4-3-5-8-17)28-12-11-21(38-28)22(23(28)27(33)36)25(34)32-18-9-10-19(29)20(30)15-18/h9-12,15-17,21-24H,3-8,13-14H2,1-2H3,(H,31,35)(H,32,34)/t21-,22+,23-,24-,28+/m1/s1. The topological polar surface area (TPSA) is 97.0 Å². The SMILES string of the molecule is CC(C)OCCCN1C(=O)[C@H]2[C@@H](C(=O)Nc3ccc(Cl)c(Cl)c3)[C@H]3C=C[C@@]2(O3)[C@H]1C(=O)NC1CCCCC1. The van der Waals surface area contributed by atoms with Crippen LogP contribution < -0.4 is 10.6 Å². The van der Waals surface area contributed by atoms with Gasteiger partial charge in [-0.3, -0.25) is 14.4 Å². The predicted octanol–water partition coefficient (Wildman–Crippen LogP) is 4.35. The summed E-state index contributed by atoms with van der Waals surface area (Å²) in [6.45, 7) is 4.73. The summed E-state index contributed by atoms with van der Waals surface area (Å²) in [6, 6.07) is 4.07. The van der Waals surface area contributed by atoms with Crippen LogP contribution in [0.2, 0.25) is 10.0 Å². The fraction of sp³-hybridized carbons (Fsp3) is 0.607. The molecule has 2 bridgehead atoms. The van der Waals surface area contributed by atoms with Gasteiger partial charge in [0.15, 0.2) is 0 Å². The first-order valence-corrected chi connectivity index (χ1v) is 14.3. The predicted molar refractivity (Wildman–Crippen MR) is 145 cm³/mol. The normalized spacial score (nSPS) is 30.2. The summed E-state index contributed by atoms with van der Waals surface area (Å²) in [6.07, 6.45) is 8.89. The lowest BCUT2D eigenvalue weighted by molar-refractivity contribution is -0.141. The lowest BCUT2D eigenvalue weighted by Gasteiger charge is -2.34. The minimum absolute atomic E-state index is 0.0731. The van der Waals surface area contributed by atoms with Crippen molar-refractivity contribution in [2.24, 2.45) is 11.8 Å². The molecule has 0 unspecified atom stereocenters. The zero-order valence-corrected chi connectivity index (χ0v) is 23.3. The summed E-state index contributed by atoms with van der Waals surface area (Å²) in [4.78, 5) is 42.9. The fourth-order valence-corrected chi connectivity index (χ4v) is 6.69. The number of carbonyl (C=O) groups is 3. The van der Waals surface area contributed by atoms with E-state index in [2.05, 4.69) is 10.6 Å². The number of anilines is 1. The summed E-state index contributed by atoms with van der Waals surface area (Å²) in [7, 11) is 0. The number of ether oxygens (including phenoxy) is 2. The van der Waals surface area contributed by atoms with E-state index in [0.717, 1.165) is 25.7 Å². The molecule has 2 saturated heterocycles. The zero-order chi connectivity index (χ0) is 27.0. The molecule has 4 aliphatic rings. The molecule has 3 amide bonds. The fourth-order valence-electron chi connectivity index (χ4n) is 6.39. The number of fused-ring (bicyclic) bond motifs is 1. The van der Waals surface area contributed by atoms with E-state index in [1.165, 1.54) is 6.42 Å². The summed E-state index contributed by atoms with van der Waals surface area (Å²) < 4.78 is 12.1. The number of rotatable bonds is 9. The monoisotopic (exact) mass is 563 g/mol. The van der Waals surface area contributed by atoms with Gasteiger partial charge < -0.3 is 25.0 Å². The van der Waals surface area contributed by atoms with Crippen molar-refractivity contribution in [2.45, 2.75) is 82.3 Å². The number of hydrogen-bond acceptors (Lipinski definition) is 5. The van der Waals surface area contributed by atoms with Crippen molar-refractivity contribution in [3.8, 4) is 0 Å². The van der Waals surface area contributed by atoms with Crippen LogP contribution >= 0.6 is 23.2 Å². The zero-order valence-electron chi connectivity index (χ0n) is 21.8. The average Bonchev–Trinajstić information content (AvgIpc) is 3.52. The molecule has 3 heterocycles. The second-order valence-electron chi connectivity index (χ2n) is 11.0. The lowest BCUT2D eigenvalue weighted by atomic mass is 9.74. The first kappa shape index (κ1) is 27.4. The second kappa shape index (κ2) is 11.2. The Bertz CT molecular complexity index is 1120. The molecule has 8 nitrogen and oxygen atoms in total. The van der Waals surface area contributed by atoms with E-state index in [9.17, 15) is 14.4 Å². The quantitative estimate of drug-likeness (QED) is 0.344. The minimum atomic E-state index is -1.18. The van der Waals surface area contributed by atoms with E-state index < -0.39 is 29.6 Å². The van der Waals surface area contributed by atoms with Gasteiger partial charge in [0.2, 0.25) is 17.7 Å². The maximum absolute atomic E-state index is 13.9. The molecule has 10 heteroatoms. The van der Waals surface area contributed by atoms with Crippen molar-refractivity contribution in [2.75, 3.05) is 18.5 Å². The third-order valence-corrected chi connectivity index (χ3v) is 8.80. The second-order valence-corrected chi connectivity index (χ2v) is 11.8. The van der Waals surface area contributed by atoms with Crippen LogP contribution in [0.25, 0.3) is 0 Å². The number of nitrogens with zero attached hydrogens (tertiary/aromatic N) is 1. The van der Waals surface area contributed by atoms with Crippen molar-refractivity contribution >= 4 is 46.6 Å². The van der Waals surface area contributed by atoms with Crippen LogP contribution in [0.1, 0.15) is 52.4 Å². The molecule has 0 radical (unpaired) electrons. The van der Waals surface area contributed by atoms with Crippen molar-refractivity contribution in [1.29, 1.82) is 0 Å². The van der Waals surface area contributed by atoms with E-state index in [1.807, 2.05) is 26.0 Å². The van der Waals surface area contributed by atoms with Gasteiger partial charge >= 0.3 is 0 Å². The van der Waals surface area contributed by atoms with Crippen LogP contribution in [-0.4, -0.2) is 65.7 Å². The van der Waals surface area contributed by atoms with Crippen LogP contribution in [-0.2, 0) is 23.9 Å². The van der Waals surface area contributed by atoms with Gasteiger partial charge in [-0.1, -0.05) is 54.6 Å². The third kappa shape index (κ3) is 5.08. The Morgan fingerprint density at radius 3 is 2.63 bits per heavy atom. The van der Waals surface area contributed by atoms with Crippen LogP contribution in [0.4, 0.5) is 5.69 Å². The van der Waals surface area contributed by atoms with E-state index in [4.69, 9.17) is 32.7 Å². The first-order valence-electron chi connectivity index (χ1n) is 13.6. The molecule has 38 heavy (non-hydrogen) atoms. The molecule has 5 rings (SSSR count). The van der Waals surface area contributed by atoms with Crippen molar-refractivity contribution in [3.63, 3.8) is 0 Å². The molecule has 5 atom stereocenters. The maximum Gasteiger partial charge on any atom is 0.246 e. The molecule has 206 valence electrons. The maximum atomic E-state index is 13.9.